The molecule has 0 saturated carbocycles. The summed E-state index contributed by atoms with van der Waals surface area (Å²) in [4.78, 5) is 20.4. The van der Waals surface area contributed by atoms with Gasteiger partial charge in [-0.25, -0.2) is 9.97 Å². The second-order valence-corrected chi connectivity index (χ2v) is 4.59. The van der Waals surface area contributed by atoms with Gasteiger partial charge in [-0.15, -0.1) is 0 Å². The van der Waals surface area contributed by atoms with Crippen LogP contribution in [0.15, 0.2) is 30.7 Å². The maximum atomic E-state index is 11.9. The first-order valence-corrected chi connectivity index (χ1v) is 6.39. The zero-order valence-corrected chi connectivity index (χ0v) is 11.4. The van der Waals surface area contributed by atoms with Crippen molar-refractivity contribution in [3.63, 3.8) is 0 Å². The van der Waals surface area contributed by atoms with Gasteiger partial charge in [-0.2, -0.15) is 0 Å². The fourth-order valence-corrected chi connectivity index (χ4v) is 1.64. The number of carbonyl (C=O) groups is 1. The maximum absolute atomic E-state index is 11.9. The lowest BCUT2D eigenvalue weighted by Crippen LogP contribution is -2.32. The minimum atomic E-state index is -0.152. The Kier molecular flexibility index (Phi) is 3.94. The van der Waals surface area contributed by atoms with Gasteiger partial charge >= 0.3 is 0 Å². The van der Waals surface area contributed by atoms with Gasteiger partial charge in [0.05, 0.1) is 0 Å². The molecule has 1 N–H and O–H groups in total. The third kappa shape index (κ3) is 3.19. The van der Waals surface area contributed by atoms with Crippen LogP contribution >= 0.6 is 0 Å². The fraction of sp³-hybridized carbons (Fsp3) is 0.357. The Labute approximate surface area is 112 Å². The molecule has 1 atom stereocenters. The van der Waals surface area contributed by atoms with Crippen LogP contribution in [0.4, 0.5) is 0 Å². The number of aryl methyl sites for hydroxylation is 1. The first-order valence-electron chi connectivity index (χ1n) is 6.39. The molecule has 2 heterocycles. The molecule has 100 valence electrons. The predicted octanol–water partition coefficient (Wildman–Crippen LogP) is 2.10. The normalized spacial score (nSPS) is 12.2. The first kappa shape index (κ1) is 13.3. The van der Waals surface area contributed by atoms with Crippen molar-refractivity contribution in [1.29, 1.82) is 0 Å². The molecule has 0 spiro atoms. The molecule has 0 unspecified atom stereocenters. The number of amides is 1. The molecular formula is C14H18N4O. The summed E-state index contributed by atoms with van der Waals surface area (Å²) in [6, 6.07) is 5.88. The zero-order chi connectivity index (χ0) is 13.8. The van der Waals surface area contributed by atoms with Crippen molar-refractivity contribution >= 4 is 5.91 Å². The average molecular weight is 258 g/mol. The number of hydrogen-bond donors (Lipinski definition) is 1. The topological polar surface area (TPSA) is 59.8 Å². The summed E-state index contributed by atoms with van der Waals surface area (Å²) in [5.74, 6) is 0.607. The van der Waals surface area contributed by atoms with Crippen LogP contribution in [0.3, 0.4) is 0 Å². The minimum Gasteiger partial charge on any atom is -0.348 e. The third-order valence-electron chi connectivity index (χ3n) is 2.94. The monoisotopic (exact) mass is 258 g/mol. The molecule has 0 aromatic carbocycles. The molecule has 0 aliphatic rings. The number of imidazole rings is 1. The van der Waals surface area contributed by atoms with Crippen molar-refractivity contribution in [3.05, 3.63) is 42.1 Å². The molecule has 2 aromatic rings. The van der Waals surface area contributed by atoms with E-state index in [0.29, 0.717) is 5.69 Å². The molecule has 0 bridgehead atoms. The molecule has 2 rings (SSSR count). The Hall–Kier alpha value is -2.17. The molecule has 0 aliphatic heterocycles. The van der Waals surface area contributed by atoms with E-state index in [2.05, 4.69) is 15.3 Å². The van der Waals surface area contributed by atoms with Gasteiger partial charge in [0.2, 0.25) is 0 Å². The average Bonchev–Trinajstić information content (AvgIpc) is 2.88. The lowest BCUT2D eigenvalue weighted by Gasteiger charge is -2.09. The summed E-state index contributed by atoms with van der Waals surface area (Å²) < 4.78 is 1.75. The van der Waals surface area contributed by atoms with E-state index in [0.717, 1.165) is 17.9 Å². The quantitative estimate of drug-likeness (QED) is 0.913. The number of nitrogens with one attached hydrogen (secondary N) is 1. The van der Waals surface area contributed by atoms with Crippen molar-refractivity contribution in [3.8, 4) is 5.82 Å². The molecule has 0 fully saturated rings. The second kappa shape index (κ2) is 5.65. The summed E-state index contributed by atoms with van der Waals surface area (Å²) >= 11 is 0. The van der Waals surface area contributed by atoms with E-state index in [1.54, 1.807) is 17.1 Å². The van der Waals surface area contributed by atoms with Crippen molar-refractivity contribution in [1.82, 2.24) is 19.9 Å². The molecule has 1 amide bonds. The number of hydrogen-bond acceptors (Lipinski definition) is 3. The van der Waals surface area contributed by atoms with Gasteiger partial charge in [-0.05, 0) is 32.4 Å². The van der Waals surface area contributed by atoms with Gasteiger partial charge in [-0.1, -0.05) is 13.0 Å². The molecule has 5 nitrogen and oxygen atoms in total. The highest BCUT2D eigenvalue weighted by Gasteiger charge is 2.12. The van der Waals surface area contributed by atoms with Crippen molar-refractivity contribution in [2.75, 3.05) is 0 Å². The van der Waals surface area contributed by atoms with E-state index in [9.17, 15) is 4.79 Å². The fourth-order valence-electron chi connectivity index (χ4n) is 1.64. The summed E-state index contributed by atoms with van der Waals surface area (Å²) in [5, 5.41) is 2.89. The van der Waals surface area contributed by atoms with Crippen LogP contribution in [-0.2, 0) is 0 Å². The molecule has 0 radical (unpaired) electrons. The van der Waals surface area contributed by atoms with Gasteiger partial charge in [0.15, 0.2) is 0 Å². The summed E-state index contributed by atoms with van der Waals surface area (Å²) in [7, 11) is 0. The molecular weight excluding hydrogens is 240 g/mol. The van der Waals surface area contributed by atoms with Gasteiger partial charge < -0.3 is 5.32 Å². The van der Waals surface area contributed by atoms with Gasteiger partial charge in [0, 0.05) is 17.9 Å². The summed E-state index contributed by atoms with van der Waals surface area (Å²) in [5.41, 5.74) is 1.33. The van der Waals surface area contributed by atoms with E-state index in [4.69, 9.17) is 0 Å². The van der Waals surface area contributed by atoms with Crippen LogP contribution in [0.1, 0.15) is 36.5 Å². The van der Waals surface area contributed by atoms with Gasteiger partial charge in [0.1, 0.15) is 17.8 Å². The summed E-state index contributed by atoms with van der Waals surface area (Å²) in [6.07, 6.45) is 4.19. The zero-order valence-electron chi connectivity index (χ0n) is 11.4. The largest absolute Gasteiger partial charge is 0.348 e. The van der Waals surface area contributed by atoms with E-state index in [-0.39, 0.29) is 11.9 Å². The maximum Gasteiger partial charge on any atom is 0.271 e. The van der Waals surface area contributed by atoms with E-state index < -0.39 is 0 Å². The van der Waals surface area contributed by atoms with Crippen LogP contribution < -0.4 is 5.32 Å². The molecule has 0 aliphatic carbocycles. The third-order valence-corrected chi connectivity index (χ3v) is 2.94. The van der Waals surface area contributed by atoms with Gasteiger partial charge in [-0.3, -0.25) is 9.36 Å². The predicted molar refractivity (Wildman–Crippen MR) is 73.3 cm³/mol. The second-order valence-electron chi connectivity index (χ2n) is 4.59. The highest BCUT2D eigenvalue weighted by molar-refractivity contribution is 5.92. The molecule has 0 saturated heterocycles. The Balaban J connectivity index is 2.17. The standard InChI is InChI=1S/C14H18N4O/c1-4-10(2)17-14(19)12-8-18(9-15-12)13-7-5-6-11(3)16-13/h5-10H,4H2,1-3H3,(H,17,19)/t10-/m1/s1. The van der Waals surface area contributed by atoms with Crippen LogP contribution in [-0.4, -0.2) is 26.5 Å². The Bertz CT molecular complexity index is 576. The smallest absolute Gasteiger partial charge is 0.271 e. The summed E-state index contributed by atoms with van der Waals surface area (Å²) in [6.45, 7) is 5.92. The number of rotatable bonds is 4. The molecule has 2 aromatic heterocycles. The lowest BCUT2D eigenvalue weighted by molar-refractivity contribution is 0.0934. The van der Waals surface area contributed by atoms with Crippen molar-refractivity contribution in [2.24, 2.45) is 0 Å². The van der Waals surface area contributed by atoms with E-state index >= 15 is 0 Å². The first-order chi connectivity index (χ1) is 9.10. The SMILES string of the molecule is CC[C@@H](C)NC(=O)c1cn(-c2cccc(C)n2)cn1. The van der Waals surface area contributed by atoms with Crippen LogP contribution in [0.25, 0.3) is 5.82 Å². The Morgan fingerprint density at radius 2 is 2.26 bits per heavy atom. The Morgan fingerprint density at radius 3 is 2.95 bits per heavy atom. The number of nitrogens with zero attached hydrogens (tertiary/aromatic N) is 3. The van der Waals surface area contributed by atoms with Crippen molar-refractivity contribution < 1.29 is 4.79 Å². The number of pyridine rings is 1. The highest BCUT2D eigenvalue weighted by Crippen LogP contribution is 2.07. The highest BCUT2D eigenvalue weighted by atomic mass is 16.1. The van der Waals surface area contributed by atoms with Crippen molar-refractivity contribution in [2.45, 2.75) is 33.2 Å². The number of aromatic nitrogens is 3. The Morgan fingerprint density at radius 1 is 1.47 bits per heavy atom. The lowest BCUT2D eigenvalue weighted by atomic mass is 10.2. The van der Waals surface area contributed by atoms with Crippen LogP contribution in [0.5, 0.6) is 0 Å². The molecule has 19 heavy (non-hydrogen) atoms. The van der Waals surface area contributed by atoms with E-state index in [1.165, 1.54) is 0 Å². The molecule has 5 heteroatoms. The van der Waals surface area contributed by atoms with Gasteiger partial charge in [0.25, 0.3) is 5.91 Å². The van der Waals surface area contributed by atoms with Crippen LogP contribution in [0, 0.1) is 6.92 Å². The minimum absolute atomic E-state index is 0.148. The van der Waals surface area contributed by atoms with E-state index in [1.807, 2.05) is 39.0 Å². The number of carbonyl (C=O) groups excluding carboxylic acids is 1. The van der Waals surface area contributed by atoms with Crippen LogP contribution in [0.2, 0.25) is 0 Å².